The lowest BCUT2D eigenvalue weighted by molar-refractivity contribution is 0.0918. The monoisotopic (exact) mass is 277 g/mol. The normalized spacial score (nSPS) is 11.3. The van der Waals surface area contributed by atoms with Gasteiger partial charge >= 0.3 is 0 Å². The molecule has 0 saturated heterocycles. The minimum Gasteiger partial charge on any atom is -0.493 e. The number of hydrogen-bond acceptors (Lipinski definition) is 5. The van der Waals surface area contributed by atoms with Gasteiger partial charge in [-0.1, -0.05) is 6.92 Å². The molecule has 1 atom stereocenters. The number of ketones is 1. The maximum Gasteiger partial charge on any atom is 0.203 e. The average Bonchev–Trinajstić information content (AvgIpc) is 2.50. The Hall–Kier alpha value is -2.22. The molecule has 0 N–H and O–H groups in total. The van der Waals surface area contributed by atoms with Gasteiger partial charge in [-0.25, -0.2) is 0 Å². The van der Waals surface area contributed by atoms with Gasteiger partial charge in [0.1, 0.15) is 0 Å². The Balaban J connectivity index is 3.25. The van der Waals surface area contributed by atoms with Gasteiger partial charge in [0.15, 0.2) is 17.3 Å². The van der Waals surface area contributed by atoms with Crippen LogP contribution >= 0.6 is 0 Å². The molecule has 5 heteroatoms. The molecule has 5 nitrogen and oxygen atoms in total. The lowest BCUT2D eigenvalue weighted by atomic mass is 9.92. The van der Waals surface area contributed by atoms with E-state index in [1.165, 1.54) is 21.3 Å². The van der Waals surface area contributed by atoms with Crippen LogP contribution in [0.1, 0.15) is 30.1 Å². The number of nitriles is 1. The highest BCUT2D eigenvalue weighted by Gasteiger charge is 2.22. The fourth-order valence-corrected chi connectivity index (χ4v) is 1.99. The molecule has 0 fully saturated rings. The zero-order chi connectivity index (χ0) is 15.1. The Morgan fingerprint density at radius 3 is 2.10 bits per heavy atom. The zero-order valence-electron chi connectivity index (χ0n) is 12.2. The van der Waals surface area contributed by atoms with Crippen LogP contribution in [0.2, 0.25) is 0 Å². The first-order chi connectivity index (χ1) is 9.62. The fraction of sp³-hybridized carbons (Fsp3) is 0.467. The molecule has 1 unspecified atom stereocenters. The molecule has 20 heavy (non-hydrogen) atoms. The molecular weight excluding hydrogens is 258 g/mol. The highest BCUT2D eigenvalue weighted by molar-refractivity contribution is 5.99. The van der Waals surface area contributed by atoms with Crippen molar-refractivity contribution in [3.63, 3.8) is 0 Å². The summed E-state index contributed by atoms with van der Waals surface area (Å²) < 4.78 is 15.7. The lowest BCUT2D eigenvalue weighted by Gasteiger charge is -2.15. The van der Waals surface area contributed by atoms with E-state index in [0.717, 1.165) is 0 Å². The third kappa shape index (κ3) is 3.21. The first-order valence-electron chi connectivity index (χ1n) is 6.34. The summed E-state index contributed by atoms with van der Waals surface area (Å²) >= 11 is 0. The molecule has 1 aromatic carbocycles. The summed E-state index contributed by atoms with van der Waals surface area (Å²) in [7, 11) is 4.50. The van der Waals surface area contributed by atoms with E-state index in [9.17, 15) is 4.79 Å². The van der Waals surface area contributed by atoms with E-state index in [-0.39, 0.29) is 18.1 Å². The lowest BCUT2D eigenvalue weighted by Crippen LogP contribution is -2.14. The molecule has 0 saturated carbocycles. The van der Waals surface area contributed by atoms with E-state index in [0.29, 0.717) is 29.2 Å². The van der Waals surface area contributed by atoms with Crippen molar-refractivity contribution in [1.29, 1.82) is 5.26 Å². The molecule has 108 valence electrons. The second-order valence-electron chi connectivity index (χ2n) is 4.25. The van der Waals surface area contributed by atoms with Crippen LogP contribution in [0.25, 0.3) is 0 Å². The summed E-state index contributed by atoms with van der Waals surface area (Å²) in [5, 5.41) is 8.78. The molecule has 0 aromatic heterocycles. The van der Waals surface area contributed by atoms with Gasteiger partial charge in [-0.05, 0) is 18.6 Å². The van der Waals surface area contributed by atoms with Crippen molar-refractivity contribution >= 4 is 5.78 Å². The number of benzene rings is 1. The van der Waals surface area contributed by atoms with Crippen LogP contribution in [0.5, 0.6) is 17.2 Å². The SMILES string of the molecule is CCC(CC#N)C(=O)c1cc(OC)c(OC)c(OC)c1. The molecule has 0 aliphatic carbocycles. The fourth-order valence-electron chi connectivity index (χ4n) is 1.99. The molecule has 0 radical (unpaired) electrons. The highest BCUT2D eigenvalue weighted by atomic mass is 16.5. The van der Waals surface area contributed by atoms with Crippen molar-refractivity contribution in [2.24, 2.45) is 5.92 Å². The van der Waals surface area contributed by atoms with Gasteiger partial charge in [0.2, 0.25) is 5.75 Å². The molecule has 1 rings (SSSR count). The van der Waals surface area contributed by atoms with E-state index in [1.807, 2.05) is 13.0 Å². The van der Waals surface area contributed by atoms with Crippen LogP contribution in [0.15, 0.2) is 12.1 Å². The number of rotatable bonds is 7. The van der Waals surface area contributed by atoms with Crippen molar-refractivity contribution in [3.05, 3.63) is 17.7 Å². The molecule has 0 spiro atoms. The van der Waals surface area contributed by atoms with Crippen molar-refractivity contribution in [3.8, 4) is 23.3 Å². The zero-order valence-corrected chi connectivity index (χ0v) is 12.2. The summed E-state index contributed by atoms with van der Waals surface area (Å²) in [5.74, 6) is 0.903. The topological polar surface area (TPSA) is 68.6 Å². The maximum absolute atomic E-state index is 12.4. The molecule has 0 aliphatic heterocycles. The molecule has 0 bridgehead atoms. The molecule has 0 amide bonds. The number of carbonyl (C=O) groups excluding carboxylic acids is 1. The third-order valence-electron chi connectivity index (χ3n) is 3.15. The smallest absolute Gasteiger partial charge is 0.203 e. The van der Waals surface area contributed by atoms with Crippen LogP contribution in [0, 0.1) is 17.2 Å². The van der Waals surface area contributed by atoms with Crippen molar-refractivity contribution in [2.75, 3.05) is 21.3 Å². The molecule has 1 aromatic rings. The second kappa shape index (κ2) is 7.39. The minimum absolute atomic E-state index is 0.0895. The number of methoxy groups -OCH3 is 3. The summed E-state index contributed by atoms with van der Waals surface area (Å²) in [5.41, 5.74) is 0.460. The Bertz CT molecular complexity index is 494. The number of nitrogens with zero attached hydrogens (tertiary/aromatic N) is 1. The second-order valence-corrected chi connectivity index (χ2v) is 4.25. The highest BCUT2D eigenvalue weighted by Crippen LogP contribution is 2.38. The number of carbonyl (C=O) groups is 1. The number of ether oxygens (including phenoxy) is 3. The third-order valence-corrected chi connectivity index (χ3v) is 3.15. The predicted molar refractivity (Wildman–Crippen MR) is 74.4 cm³/mol. The van der Waals surface area contributed by atoms with Crippen molar-refractivity contribution < 1.29 is 19.0 Å². The van der Waals surface area contributed by atoms with Gasteiger partial charge in [0.05, 0.1) is 27.4 Å². The van der Waals surface area contributed by atoms with E-state index in [2.05, 4.69) is 0 Å². The Morgan fingerprint density at radius 1 is 1.20 bits per heavy atom. The van der Waals surface area contributed by atoms with Gasteiger partial charge in [-0.2, -0.15) is 5.26 Å². The predicted octanol–water partition coefficient (Wildman–Crippen LogP) is 2.83. The molecule has 0 heterocycles. The Morgan fingerprint density at radius 2 is 1.75 bits per heavy atom. The van der Waals surface area contributed by atoms with Gasteiger partial charge in [0.25, 0.3) is 0 Å². The maximum atomic E-state index is 12.4. The molecule has 0 aliphatic rings. The van der Waals surface area contributed by atoms with Crippen LogP contribution in [-0.2, 0) is 0 Å². The largest absolute Gasteiger partial charge is 0.493 e. The van der Waals surface area contributed by atoms with Crippen molar-refractivity contribution in [1.82, 2.24) is 0 Å². The average molecular weight is 277 g/mol. The van der Waals surface area contributed by atoms with Crippen LogP contribution in [0.3, 0.4) is 0 Å². The van der Waals surface area contributed by atoms with Gasteiger partial charge in [-0.15, -0.1) is 0 Å². The summed E-state index contributed by atoms with van der Waals surface area (Å²) in [6, 6.07) is 5.27. The number of Topliss-reactive ketones (excluding diaryl/α,β-unsaturated/α-hetero) is 1. The Labute approximate surface area is 119 Å². The van der Waals surface area contributed by atoms with Gasteiger partial charge in [-0.3, -0.25) is 4.79 Å². The number of hydrogen-bond donors (Lipinski definition) is 0. The first-order valence-corrected chi connectivity index (χ1v) is 6.34. The van der Waals surface area contributed by atoms with E-state index < -0.39 is 0 Å². The standard InChI is InChI=1S/C15H19NO4/c1-5-10(6-7-16)14(17)11-8-12(18-2)15(20-4)13(9-11)19-3/h8-10H,5-6H2,1-4H3. The molecular formula is C15H19NO4. The van der Waals surface area contributed by atoms with Crippen LogP contribution in [-0.4, -0.2) is 27.1 Å². The van der Waals surface area contributed by atoms with E-state index >= 15 is 0 Å². The van der Waals surface area contributed by atoms with Gasteiger partial charge < -0.3 is 14.2 Å². The summed E-state index contributed by atoms with van der Waals surface area (Å²) in [6.07, 6.45) is 0.815. The quantitative estimate of drug-likeness (QED) is 0.717. The van der Waals surface area contributed by atoms with Crippen molar-refractivity contribution in [2.45, 2.75) is 19.8 Å². The van der Waals surface area contributed by atoms with Crippen LogP contribution < -0.4 is 14.2 Å². The van der Waals surface area contributed by atoms with Crippen LogP contribution in [0.4, 0.5) is 0 Å². The van der Waals surface area contributed by atoms with E-state index in [4.69, 9.17) is 19.5 Å². The van der Waals surface area contributed by atoms with E-state index in [1.54, 1.807) is 12.1 Å². The first kappa shape index (κ1) is 15.8. The summed E-state index contributed by atoms with van der Waals surface area (Å²) in [6.45, 7) is 1.89. The summed E-state index contributed by atoms with van der Waals surface area (Å²) in [4.78, 5) is 12.4. The Kier molecular flexibility index (Phi) is 5.85. The van der Waals surface area contributed by atoms with Gasteiger partial charge in [0, 0.05) is 17.9 Å². The minimum atomic E-state index is -0.317.